The highest BCUT2D eigenvalue weighted by atomic mass is 16.7. The van der Waals surface area contributed by atoms with Crippen molar-refractivity contribution < 1.29 is 160 Å². The quantitative estimate of drug-likeness (QED) is 0.0260. The van der Waals surface area contributed by atoms with Crippen LogP contribution >= 0.6 is 0 Å². The number of aliphatic hydroxyl groups is 9. The number of ketones is 1. The molecule has 0 aromatic rings. The van der Waals surface area contributed by atoms with Crippen LogP contribution in [0.3, 0.4) is 0 Å². The molecule has 3 heterocycles. The molecule has 0 spiro atoms. The van der Waals surface area contributed by atoms with E-state index in [0.717, 1.165) is 25.7 Å². The lowest BCUT2D eigenvalue weighted by atomic mass is 9.97. The number of aliphatic hydroxyl groups excluding tert-OH is 9. The van der Waals surface area contributed by atoms with Crippen molar-refractivity contribution in [2.24, 2.45) is 5.73 Å². The molecule has 3 fully saturated rings. The molecule has 18 atom stereocenters. The van der Waals surface area contributed by atoms with Gasteiger partial charge in [0.2, 0.25) is 47.3 Å². The van der Waals surface area contributed by atoms with Crippen molar-refractivity contribution in [2.45, 2.75) is 285 Å². The number of nitrogens with two attached hydrogens (primary N) is 1. The molecule has 3 unspecified atom stereocenters. The predicted molar refractivity (Wildman–Crippen MR) is 439 cm³/mol. The lowest BCUT2D eigenvalue weighted by Crippen LogP contribution is -2.64. The third kappa shape index (κ3) is 50.7. The van der Waals surface area contributed by atoms with Gasteiger partial charge in [0.05, 0.1) is 151 Å². The molecule has 716 valence electrons. The van der Waals surface area contributed by atoms with Crippen molar-refractivity contribution in [3.05, 3.63) is 0 Å². The number of carbonyl (C=O) groups is 9. The zero-order chi connectivity index (χ0) is 90.2. The van der Waals surface area contributed by atoms with Crippen molar-refractivity contribution in [3.8, 4) is 0 Å². The summed E-state index contributed by atoms with van der Waals surface area (Å²) in [7, 11) is 0. The minimum atomic E-state index is -1.48. The molecular formula is C81H149N9O33. The zero-order valence-electron chi connectivity index (χ0n) is 72.6. The summed E-state index contributed by atoms with van der Waals surface area (Å²) in [6.07, 6.45) is 3.07. The first-order chi connectivity index (χ1) is 59.4. The number of hydrogen-bond donors (Lipinski definition) is 18. The van der Waals surface area contributed by atoms with Gasteiger partial charge in [-0.1, -0.05) is 84.0 Å². The number of unbranched alkanes of at least 4 members (excludes halogenated alkanes) is 15. The Balaban J connectivity index is 1.57. The fourth-order valence-corrected chi connectivity index (χ4v) is 13.3. The second-order valence-electron chi connectivity index (χ2n) is 30.5. The maximum absolute atomic E-state index is 14.5. The van der Waals surface area contributed by atoms with Crippen molar-refractivity contribution in [2.75, 3.05) is 178 Å². The number of nitrogens with one attached hydrogen (secondary N) is 8. The highest BCUT2D eigenvalue weighted by Crippen LogP contribution is 2.25. The Morgan fingerprint density at radius 2 is 0.634 bits per heavy atom. The average molecular weight is 1780 g/mol. The van der Waals surface area contributed by atoms with Gasteiger partial charge in [-0.05, 0) is 71.1 Å². The monoisotopic (exact) mass is 1780 g/mol. The van der Waals surface area contributed by atoms with E-state index < -0.39 is 178 Å². The lowest BCUT2D eigenvalue weighted by molar-refractivity contribution is -0.272. The summed E-state index contributed by atoms with van der Waals surface area (Å²) in [6, 6.07) is -6.72. The van der Waals surface area contributed by atoms with Crippen LogP contribution in [0.1, 0.15) is 175 Å². The number of ether oxygens (including phenoxy) is 15. The van der Waals surface area contributed by atoms with Gasteiger partial charge in [-0.2, -0.15) is 0 Å². The zero-order valence-corrected chi connectivity index (χ0v) is 72.6. The Morgan fingerprint density at radius 1 is 0.333 bits per heavy atom. The van der Waals surface area contributed by atoms with Crippen LogP contribution in [0.2, 0.25) is 0 Å². The standard InChI is InChI=1S/C81H149N9O33/c1-5-6-7-8-9-10-11-12-13-14-15-16-17-27-64(97)83-28-21-18-24-58(55(2)94)89-78(108)60(26-20-23-30-85-66(99)53-116-41-38-110-32-35-113-44-47-119-80-69(86-56(3)95)75(105)72(102)62(50-92)122-80)90-77(107)59(88-67(100)54-117-42-39-111-33-36-114-45-48-120-81-70(87-57(4)96)76(106)73(103)63(51-93)123-81)25-19-22-29-84-65(98)52-115-40-37-109-31-34-112-43-46-118-79-68(82)74(104)71(101)61(49-91)121-79/h58-63,68-76,79-81,91-93,101-106H,5-54,82H2,1-4H3,(H,83,97)(H,84,98)(H,85,99)(H,86,95)(H,87,96)(H,88,100)(H,89,108)(H,90,107)/t58?,59?,60?,61-,62-,63-,68-,69-,70-,71+,72+,73+,74-,75-,76-,79-,80-,81-/m1/s1. The maximum Gasteiger partial charge on any atom is 0.246 e. The van der Waals surface area contributed by atoms with Crippen molar-refractivity contribution in [3.63, 3.8) is 0 Å². The molecule has 3 saturated heterocycles. The number of Topliss-reactive ketones (excluding diaryl/α,β-unsaturated/α-hetero) is 1. The van der Waals surface area contributed by atoms with E-state index in [9.17, 15) is 89.1 Å². The van der Waals surface area contributed by atoms with Gasteiger partial charge in [0, 0.05) is 39.9 Å². The molecule has 0 aromatic carbocycles. The number of carbonyl (C=O) groups excluding carboxylic acids is 9. The smallest absolute Gasteiger partial charge is 0.246 e. The molecule has 42 nitrogen and oxygen atoms in total. The molecule has 19 N–H and O–H groups in total. The van der Waals surface area contributed by atoms with Gasteiger partial charge < -0.3 is 165 Å². The van der Waals surface area contributed by atoms with Gasteiger partial charge in [-0.25, -0.2) is 0 Å². The minimum absolute atomic E-state index is 0.0225. The van der Waals surface area contributed by atoms with E-state index in [2.05, 4.69) is 49.5 Å². The van der Waals surface area contributed by atoms with Crippen molar-refractivity contribution in [1.82, 2.24) is 42.5 Å². The Bertz CT molecular complexity index is 2820. The minimum Gasteiger partial charge on any atom is -0.394 e. The van der Waals surface area contributed by atoms with E-state index in [1.807, 2.05) is 0 Å². The van der Waals surface area contributed by atoms with Gasteiger partial charge >= 0.3 is 0 Å². The maximum atomic E-state index is 14.5. The summed E-state index contributed by atoms with van der Waals surface area (Å²) in [4.78, 5) is 117. The molecule has 123 heavy (non-hydrogen) atoms. The first-order valence-corrected chi connectivity index (χ1v) is 43.8. The van der Waals surface area contributed by atoms with Gasteiger partial charge in [0.15, 0.2) is 24.7 Å². The Labute approximate surface area is 722 Å². The first-order valence-electron chi connectivity index (χ1n) is 43.8. The van der Waals surface area contributed by atoms with Crippen LogP contribution in [0.15, 0.2) is 0 Å². The molecule has 42 heteroatoms. The van der Waals surface area contributed by atoms with E-state index in [4.69, 9.17) is 76.8 Å². The van der Waals surface area contributed by atoms with Crippen LogP contribution in [0.5, 0.6) is 0 Å². The second-order valence-corrected chi connectivity index (χ2v) is 30.5. The Morgan fingerprint density at radius 3 is 1.00 bits per heavy atom. The molecule has 0 radical (unpaired) electrons. The van der Waals surface area contributed by atoms with E-state index in [1.54, 1.807) is 0 Å². The topological polar surface area (TPSA) is 596 Å². The molecule has 8 amide bonds. The van der Waals surface area contributed by atoms with Gasteiger partial charge in [0.1, 0.15) is 98.9 Å². The Kier molecular flexibility index (Phi) is 63.9. The summed E-state index contributed by atoms with van der Waals surface area (Å²) in [5, 5.41) is 112. The Hall–Kier alpha value is -5.57. The summed E-state index contributed by atoms with van der Waals surface area (Å²) < 4.78 is 83.0. The largest absolute Gasteiger partial charge is 0.394 e. The first kappa shape index (κ1) is 112. The molecule has 0 aromatic heterocycles. The summed E-state index contributed by atoms with van der Waals surface area (Å²) >= 11 is 0. The van der Waals surface area contributed by atoms with Crippen LogP contribution in [0, 0.1) is 0 Å². The van der Waals surface area contributed by atoms with E-state index in [-0.39, 0.29) is 189 Å². The molecule has 3 aliphatic rings. The number of rotatable bonds is 76. The van der Waals surface area contributed by atoms with Crippen molar-refractivity contribution >= 4 is 53.0 Å². The van der Waals surface area contributed by atoms with Crippen LogP contribution in [0.4, 0.5) is 0 Å². The van der Waals surface area contributed by atoms with Gasteiger partial charge in [0.25, 0.3) is 0 Å². The van der Waals surface area contributed by atoms with E-state index >= 15 is 0 Å². The summed E-state index contributed by atoms with van der Waals surface area (Å²) in [6.45, 7) is 5.25. The van der Waals surface area contributed by atoms with Crippen LogP contribution < -0.4 is 48.3 Å². The normalized spacial score (nSPS) is 23.4. The highest BCUT2D eigenvalue weighted by molar-refractivity contribution is 5.94. The van der Waals surface area contributed by atoms with Crippen LogP contribution in [0.25, 0.3) is 0 Å². The fourth-order valence-electron chi connectivity index (χ4n) is 13.3. The predicted octanol–water partition coefficient (Wildman–Crippen LogP) is -3.78. The summed E-state index contributed by atoms with van der Waals surface area (Å²) in [5.41, 5.74) is 5.89. The third-order valence-corrected chi connectivity index (χ3v) is 20.2. The molecular weight excluding hydrogens is 1630 g/mol. The SMILES string of the molecule is CCCCCCCCCCCCCCCC(=O)NCCCCC(NC(=O)C(CCCCNC(=O)COCCOCCOCCO[C@@H]1O[C@H](CO)[C@H](O)[C@H](O)[C@H]1NC(C)=O)NC(=O)C(CCCCNC(=O)COCCOCCOCCO[C@@H]1O[C@H](CO)[C@H](O)[C@H](O)[C@H]1N)NC(=O)COCCOCCOCCO[C@@H]1O[C@H](CO)[C@H](O)[C@H](O)[C@H]1NC(C)=O)C(C)=O. The fraction of sp³-hybridized carbons (Fsp3) is 0.889. The molecule has 3 aliphatic heterocycles. The molecule has 0 aliphatic carbocycles. The van der Waals surface area contributed by atoms with E-state index in [1.165, 1.54) is 78.6 Å². The van der Waals surface area contributed by atoms with Crippen molar-refractivity contribution in [1.29, 1.82) is 0 Å². The molecule has 0 saturated carbocycles. The van der Waals surface area contributed by atoms with Gasteiger partial charge in [-0.15, -0.1) is 0 Å². The van der Waals surface area contributed by atoms with E-state index in [0.29, 0.717) is 38.6 Å². The summed E-state index contributed by atoms with van der Waals surface area (Å²) in [5.74, 6) is -4.38. The second kappa shape index (κ2) is 70.4. The van der Waals surface area contributed by atoms with Gasteiger partial charge in [-0.3, -0.25) is 43.2 Å². The van der Waals surface area contributed by atoms with Crippen LogP contribution in [-0.2, 0) is 114 Å². The van der Waals surface area contributed by atoms with Crippen LogP contribution in [-0.4, -0.2) is 387 Å². The average Bonchev–Trinajstić information content (AvgIpc) is 0.804. The lowest BCUT2D eigenvalue weighted by Gasteiger charge is -2.42. The molecule has 0 bridgehead atoms. The molecule has 3 rings (SSSR count). The third-order valence-electron chi connectivity index (χ3n) is 20.2. The number of hydrogen-bond acceptors (Lipinski definition) is 34. The highest BCUT2D eigenvalue weighted by Gasteiger charge is 2.47. The number of amides is 8.